The largest absolute Gasteiger partial charge is 1.00 e. The SMILES string of the molecule is O=S(=O)([O-])c1c(NS(=O)(=O)c2ccccc2)ccc2n[nH]nc12.[Ag+]. The van der Waals surface area contributed by atoms with Gasteiger partial charge in [-0.25, -0.2) is 16.8 Å². The van der Waals surface area contributed by atoms with Crippen LogP contribution in [0.25, 0.3) is 11.0 Å². The number of fused-ring (bicyclic) bond motifs is 1. The van der Waals surface area contributed by atoms with Crippen molar-refractivity contribution in [1.29, 1.82) is 0 Å². The predicted octanol–water partition coefficient (Wildman–Crippen LogP) is 0.660. The molecule has 0 amide bonds. The van der Waals surface area contributed by atoms with Crippen LogP contribution in [0.15, 0.2) is 52.3 Å². The first-order chi connectivity index (χ1) is 10.8. The Kier molecular flexibility index (Phi) is 5.13. The van der Waals surface area contributed by atoms with Crippen LogP contribution in [0.1, 0.15) is 0 Å². The molecule has 3 aromatic rings. The summed E-state index contributed by atoms with van der Waals surface area (Å²) in [6.07, 6.45) is 0. The van der Waals surface area contributed by atoms with E-state index in [-0.39, 0.29) is 44.0 Å². The third-order valence-corrected chi connectivity index (χ3v) is 5.28. The fourth-order valence-electron chi connectivity index (χ4n) is 2.02. The normalized spacial score (nSPS) is 11.9. The summed E-state index contributed by atoms with van der Waals surface area (Å²) in [7, 11) is -9.04. The minimum Gasteiger partial charge on any atom is -0.744 e. The molecule has 24 heavy (non-hydrogen) atoms. The molecule has 12 heteroatoms. The van der Waals surface area contributed by atoms with E-state index in [1.165, 1.54) is 30.3 Å². The molecule has 0 aliphatic carbocycles. The number of sulfonamides is 1. The van der Waals surface area contributed by atoms with Crippen molar-refractivity contribution in [2.45, 2.75) is 9.79 Å². The number of anilines is 1. The molecule has 0 bridgehead atoms. The molecule has 0 aliphatic heterocycles. The Hall–Kier alpha value is -1.76. The van der Waals surface area contributed by atoms with Gasteiger partial charge in [0.1, 0.15) is 26.0 Å². The summed E-state index contributed by atoms with van der Waals surface area (Å²) >= 11 is 0. The molecule has 3 rings (SSSR count). The molecular formula is C12H9AgN4O5S2. The number of hydrogen-bond acceptors (Lipinski definition) is 7. The van der Waals surface area contributed by atoms with Gasteiger partial charge < -0.3 is 4.55 Å². The van der Waals surface area contributed by atoms with Crippen molar-refractivity contribution in [3.05, 3.63) is 42.5 Å². The van der Waals surface area contributed by atoms with E-state index < -0.39 is 25.0 Å². The summed E-state index contributed by atoms with van der Waals surface area (Å²) in [4.78, 5) is -0.849. The number of aromatic amines is 1. The second kappa shape index (κ2) is 6.63. The van der Waals surface area contributed by atoms with E-state index in [2.05, 4.69) is 20.1 Å². The van der Waals surface area contributed by atoms with Crippen molar-refractivity contribution in [3.8, 4) is 0 Å². The number of benzene rings is 2. The molecule has 0 aliphatic rings. The quantitative estimate of drug-likeness (QED) is 0.429. The molecule has 1 aromatic heterocycles. The monoisotopic (exact) mass is 460 g/mol. The van der Waals surface area contributed by atoms with Crippen LogP contribution in [-0.2, 0) is 42.5 Å². The van der Waals surface area contributed by atoms with E-state index in [1.54, 1.807) is 6.07 Å². The Morgan fingerprint density at radius 2 is 1.62 bits per heavy atom. The first kappa shape index (κ1) is 18.6. The van der Waals surface area contributed by atoms with Gasteiger partial charge in [-0.2, -0.15) is 15.4 Å². The minimum absolute atomic E-state index is 0. The van der Waals surface area contributed by atoms with Crippen molar-refractivity contribution in [2.24, 2.45) is 0 Å². The summed E-state index contributed by atoms with van der Waals surface area (Å²) in [6, 6.07) is 9.83. The Bertz CT molecular complexity index is 1080. The van der Waals surface area contributed by atoms with Crippen molar-refractivity contribution < 1.29 is 43.8 Å². The van der Waals surface area contributed by atoms with Gasteiger partial charge in [-0.3, -0.25) is 4.72 Å². The Labute approximate surface area is 152 Å². The first-order valence-corrected chi connectivity index (χ1v) is 9.05. The molecular weight excluding hydrogens is 452 g/mol. The van der Waals surface area contributed by atoms with E-state index in [1.807, 2.05) is 0 Å². The van der Waals surface area contributed by atoms with Gasteiger partial charge in [-0.05, 0) is 24.3 Å². The van der Waals surface area contributed by atoms with Crippen LogP contribution in [-0.4, -0.2) is 36.8 Å². The molecule has 0 radical (unpaired) electrons. The van der Waals surface area contributed by atoms with E-state index >= 15 is 0 Å². The minimum atomic E-state index is -4.98. The zero-order valence-electron chi connectivity index (χ0n) is 11.6. The van der Waals surface area contributed by atoms with Gasteiger partial charge >= 0.3 is 22.4 Å². The molecule has 2 aromatic carbocycles. The van der Waals surface area contributed by atoms with Crippen molar-refractivity contribution in [2.75, 3.05) is 4.72 Å². The summed E-state index contributed by atoms with van der Waals surface area (Å²) in [5.41, 5.74) is -0.486. The van der Waals surface area contributed by atoms with Crippen LogP contribution in [0.3, 0.4) is 0 Å². The standard InChI is InChI=1S/C12H10N4O5S2.Ag/c17-22(18,8-4-2-1-3-5-8)15-10-7-6-9-11(14-16-13-9)12(10)23(19,20)21;/h1-7,15H,(H,13,14,16)(H,19,20,21);/q;+1/p-1. The van der Waals surface area contributed by atoms with Crippen molar-refractivity contribution in [1.82, 2.24) is 15.4 Å². The zero-order valence-corrected chi connectivity index (χ0v) is 14.7. The van der Waals surface area contributed by atoms with Gasteiger partial charge in [0.15, 0.2) is 0 Å². The van der Waals surface area contributed by atoms with Crippen LogP contribution < -0.4 is 4.72 Å². The molecule has 0 unspecified atom stereocenters. The van der Waals surface area contributed by atoms with Crippen molar-refractivity contribution >= 4 is 36.9 Å². The average molecular weight is 461 g/mol. The number of nitrogens with one attached hydrogen (secondary N) is 2. The average Bonchev–Trinajstić information content (AvgIpc) is 2.94. The van der Waals surface area contributed by atoms with Crippen LogP contribution in [0.2, 0.25) is 0 Å². The van der Waals surface area contributed by atoms with Crippen LogP contribution in [0.4, 0.5) is 5.69 Å². The third kappa shape index (κ3) is 3.50. The van der Waals surface area contributed by atoms with Gasteiger partial charge in [0.25, 0.3) is 10.0 Å². The number of aromatic nitrogens is 3. The van der Waals surface area contributed by atoms with E-state index in [9.17, 15) is 21.4 Å². The van der Waals surface area contributed by atoms with Gasteiger partial charge in [-0.1, -0.05) is 18.2 Å². The van der Waals surface area contributed by atoms with Gasteiger partial charge in [0.2, 0.25) is 0 Å². The smallest absolute Gasteiger partial charge is 0.744 e. The van der Waals surface area contributed by atoms with E-state index in [0.29, 0.717) is 0 Å². The maximum atomic E-state index is 12.3. The number of nitrogens with zero attached hydrogens (tertiary/aromatic N) is 2. The Balaban J connectivity index is 0.00000208. The summed E-state index contributed by atoms with van der Waals surface area (Å²) in [5, 5.41) is 9.46. The molecule has 0 saturated carbocycles. The summed E-state index contributed by atoms with van der Waals surface area (Å²) in [5.74, 6) is 0. The van der Waals surface area contributed by atoms with Crippen LogP contribution in [0.5, 0.6) is 0 Å². The molecule has 9 nitrogen and oxygen atoms in total. The maximum absolute atomic E-state index is 12.3. The molecule has 1 heterocycles. The Morgan fingerprint density at radius 1 is 0.958 bits per heavy atom. The first-order valence-electron chi connectivity index (χ1n) is 6.16. The van der Waals surface area contributed by atoms with Gasteiger partial charge in [-0.15, -0.1) is 0 Å². The maximum Gasteiger partial charge on any atom is 1.00 e. The fourth-order valence-corrected chi connectivity index (χ4v) is 3.96. The summed E-state index contributed by atoms with van der Waals surface area (Å²) < 4.78 is 61.3. The number of rotatable bonds is 4. The molecule has 2 N–H and O–H groups in total. The van der Waals surface area contributed by atoms with E-state index in [0.717, 1.165) is 6.07 Å². The molecule has 130 valence electrons. The van der Waals surface area contributed by atoms with Crippen molar-refractivity contribution in [3.63, 3.8) is 0 Å². The second-order valence-electron chi connectivity index (χ2n) is 4.51. The second-order valence-corrected chi connectivity index (χ2v) is 7.51. The van der Waals surface area contributed by atoms with Gasteiger partial charge in [0, 0.05) is 0 Å². The number of H-pyrrole nitrogens is 1. The topological polar surface area (TPSA) is 145 Å². The molecule has 0 saturated heterocycles. The summed E-state index contributed by atoms with van der Waals surface area (Å²) in [6.45, 7) is 0. The zero-order chi connectivity index (χ0) is 16.7. The molecule has 0 spiro atoms. The number of hydrogen-bond donors (Lipinski definition) is 2. The van der Waals surface area contributed by atoms with Crippen LogP contribution >= 0.6 is 0 Å². The van der Waals surface area contributed by atoms with Gasteiger partial charge in [0.05, 0.1) is 10.6 Å². The molecule has 0 fully saturated rings. The molecule has 0 atom stereocenters. The third-order valence-electron chi connectivity index (χ3n) is 2.99. The predicted molar refractivity (Wildman–Crippen MR) is 79.1 cm³/mol. The van der Waals surface area contributed by atoms with E-state index in [4.69, 9.17) is 0 Å². The fraction of sp³-hybridized carbons (Fsp3) is 0. The Morgan fingerprint density at radius 3 is 2.25 bits per heavy atom. The van der Waals surface area contributed by atoms with Crippen LogP contribution in [0, 0.1) is 0 Å².